The minimum atomic E-state index is -0.138. The third-order valence-corrected chi connectivity index (χ3v) is 3.68. The van der Waals surface area contributed by atoms with Crippen LogP contribution in [-0.2, 0) is 22.4 Å². The van der Waals surface area contributed by atoms with Crippen molar-refractivity contribution in [1.29, 1.82) is 0 Å². The second-order valence-corrected chi connectivity index (χ2v) is 5.15. The molecule has 0 heterocycles. The van der Waals surface area contributed by atoms with Crippen molar-refractivity contribution in [3.8, 4) is 0 Å². The Morgan fingerprint density at radius 2 is 1.78 bits per heavy atom. The molecule has 0 atom stereocenters. The highest BCUT2D eigenvalue weighted by Gasteiger charge is 2.15. The molecule has 1 saturated carbocycles. The predicted octanol–water partition coefficient (Wildman–Crippen LogP) is 3.52. The van der Waals surface area contributed by atoms with Gasteiger partial charge in [-0.25, -0.2) is 0 Å². The lowest BCUT2D eigenvalue weighted by Crippen LogP contribution is -2.07. The van der Waals surface area contributed by atoms with Crippen molar-refractivity contribution in [2.24, 2.45) is 5.92 Å². The standard InChI is InChI=1S/C16H22O2/c1-2-18-16(17)12-15-9-7-14(8-10-15)11-13-5-3-4-6-13/h7-10,13H,2-6,11-12H2,1H3. The van der Waals surface area contributed by atoms with Gasteiger partial charge in [0.05, 0.1) is 13.0 Å². The van der Waals surface area contributed by atoms with Gasteiger partial charge in [0, 0.05) is 0 Å². The molecule has 0 saturated heterocycles. The predicted molar refractivity (Wildman–Crippen MR) is 72.4 cm³/mol. The monoisotopic (exact) mass is 246 g/mol. The molecule has 98 valence electrons. The quantitative estimate of drug-likeness (QED) is 0.743. The molecular formula is C16H22O2. The topological polar surface area (TPSA) is 26.3 Å². The van der Waals surface area contributed by atoms with Gasteiger partial charge in [-0.15, -0.1) is 0 Å². The lowest BCUT2D eigenvalue weighted by atomic mass is 9.97. The van der Waals surface area contributed by atoms with Crippen LogP contribution in [0.3, 0.4) is 0 Å². The highest BCUT2D eigenvalue weighted by molar-refractivity contribution is 5.72. The van der Waals surface area contributed by atoms with E-state index >= 15 is 0 Å². The van der Waals surface area contributed by atoms with Crippen molar-refractivity contribution in [2.75, 3.05) is 6.61 Å². The Morgan fingerprint density at radius 1 is 1.17 bits per heavy atom. The van der Waals surface area contributed by atoms with E-state index in [2.05, 4.69) is 24.3 Å². The van der Waals surface area contributed by atoms with Crippen LogP contribution in [0.1, 0.15) is 43.7 Å². The maximum Gasteiger partial charge on any atom is 0.310 e. The van der Waals surface area contributed by atoms with Gasteiger partial charge in [0.25, 0.3) is 0 Å². The van der Waals surface area contributed by atoms with Crippen molar-refractivity contribution in [1.82, 2.24) is 0 Å². The molecular weight excluding hydrogens is 224 g/mol. The Kier molecular flexibility index (Phi) is 4.80. The lowest BCUT2D eigenvalue weighted by Gasteiger charge is -2.09. The highest BCUT2D eigenvalue weighted by atomic mass is 16.5. The first kappa shape index (κ1) is 13.1. The van der Waals surface area contributed by atoms with E-state index in [4.69, 9.17) is 4.74 Å². The Bertz CT molecular complexity index is 375. The van der Waals surface area contributed by atoms with E-state index in [9.17, 15) is 4.79 Å². The van der Waals surface area contributed by atoms with Gasteiger partial charge >= 0.3 is 5.97 Å². The second-order valence-electron chi connectivity index (χ2n) is 5.15. The van der Waals surface area contributed by atoms with Crippen LogP contribution < -0.4 is 0 Å². The zero-order chi connectivity index (χ0) is 12.8. The fourth-order valence-corrected chi connectivity index (χ4v) is 2.72. The van der Waals surface area contributed by atoms with E-state index in [0.717, 1.165) is 11.5 Å². The van der Waals surface area contributed by atoms with Gasteiger partial charge in [0.15, 0.2) is 0 Å². The van der Waals surface area contributed by atoms with Gasteiger partial charge < -0.3 is 4.74 Å². The minimum Gasteiger partial charge on any atom is -0.466 e. The smallest absolute Gasteiger partial charge is 0.310 e. The van der Waals surface area contributed by atoms with Gasteiger partial charge in [-0.1, -0.05) is 49.9 Å². The molecule has 1 aliphatic carbocycles. The molecule has 2 nitrogen and oxygen atoms in total. The van der Waals surface area contributed by atoms with E-state index in [-0.39, 0.29) is 5.97 Å². The maximum atomic E-state index is 11.4. The van der Waals surface area contributed by atoms with Gasteiger partial charge in [0.2, 0.25) is 0 Å². The summed E-state index contributed by atoms with van der Waals surface area (Å²) in [5, 5.41) is 0. The molecule has 0 radical (unpaired) electrons. The molecule has 0 unspecified atom stereocenters. The molecule has 2 rings (SSSR count). The fraction of sp³-hybridized carbons (Fsp3) is 0.562. The average Bonchev–Trinajstić information content (AvgIpc) is 2.85. The van der Waals surface area contributed by atoms with Crippen LogP contribution in [0.15, 0.2) is 24.3 Å². The maximum absolute atomic E-state index is 11.4. The summed E-state index contributed by atoms with van der Waals surface area (Å²) >= 11 is 0. The summed E-state index contributed by atoms with van der Waals surface area (Å²) in [5.74, 6) is 0.738. The Labute approximate surface area is 109 Å². The van der Waals surface area contributed by atoms with Crippen LogP contribution in [0.2, 0.25) is 0 Å². The van der Waals surface area contributed by atoms with Gasteiger partial charge in [0.1, 0.15) is 0 Å². The summed E-state index contributed by atoms with van der Waals surface area (Å²) in [6, 6.07) is 8.43. The molecule has 1 aliphatic rings. The van der Waals surface area contributed by atoms with E-state index in [1.807, 2.05) is 6.92 Å². The normalized spacial score (nSPS) is 15.8. The van der Waals surface area contributed by atoms with Crippen molar-refractivity contribution >= 4 is 5.97 Å². The molecule has 0 bridgehead atoms. The molecule has 1 aromatic rings. The first-order valence-corrected chi connectivity index (χ1v) is 7.01. The number of benzene rings is 1. The Morgan fingerprint density at radius 3 is 2.39 bits per heavy atom. The largest absolute Gasteiger partial charge is 0.466 e. The number of hydrogen-bond donors (Lipinski definition) is 0. The molecule has 0 aromatic heterocycles. The Balaban J connectivity index is 1.86. The molecule has 0 spiro atoms. The van der Waals surface area contributed by atoms with Crippen LogP contribution in [0.25, 0.3) is 0 Å². The summed E-state index contributed by atoms with van der Waals surface area (Å²) in [6.45, 7) is 2.29. The molecule has 18 heavy (non-hydrogen) atoms. The van der Waals surface area contributed by atoms with Crippen LogP contribution in [0, 0.1) is 5.92 Å². The van der Waals surface area contributed by atoms with E-state index < -0.39 is 0 Å². The third-order valence-electron chi connectivity index (χ3n) is 3.68. The fourth-order valence-electron chi connectivity index (χ4n) is 2.72. The van der Waals surface area contributed by atoms with Gasteiger partial charge in [-0.05, 0) is 30.4 Å². The van der Waals surface area contributed by atoms with E-state index in [1.165, 1.54) is 37.7 Å². The van der Waals surface area contributed by atoms with Crippen LogP contribution in [-0.4, -0.2) is 12.6 Å². The Hall–Kier alpha value is -1.31. The first-order chi connectivity index (χ1) is 8.78. The molecule has 1 fully saturated rings. The highest BCUT2D eigenvalue weighted by Crippen LogP contribution is 2.27. The van der Waals surface area contributed by atoms with Crippen molar-refractivity contribution < 1.29 is 9.53 Å². The van der Waals surface area contributed by atoms with Crippen LogP contribution in [0.5, 0.6) is 0 Å². The van der Waals surface area contributed by atoms with Gasteiger partial charge in [-0.3, -0.25) is 4.79 Å². The zero-order valence-corrected chi connectivity index (χ0v) is 11.2. The summed E-state index contributed by atoms with van der Waals surface area (Å²) in [4.78, 5) is 11.4. The van der Waals surface area contributed by atoms with Crippen LogP contribution in [0.4, 0.5) is 0 Å². The van der Waals surface area contributed by atoms with Crippen molar-refractivity contribution in [2.45, 2.75) is 45.4 Å². The van der Waals surface area contributed by atoms with Gasteiger partial charge in [-0.2, -0.15) is 0 Å². The number of rotatable bonds is 5. The molecule has 1 aromatic carbocycles. The molecule has 0 amide bonds. The summed E-state index contributed by atoms with van der Waals surface area (Å²) in [6.07, 6.45) is 7.13. The van der Waals surface area contributed by atoms with E-state index in [0.29, 0.717) is 13.0 Å². The third kappa shape index (κ3) is 3.86. The summed E-state index contributed by atoms with van der Waals surface area (Å²) in [7, 11) is 0. The van der Waals surface area contributed by atoms with E-state index in [1.54, 1.807) is 0 Å². The number of hydrogen-bond acceptors (Lipinski definition) is 2. The number of carbonyl (C=O) groups excluding carboxylic acids is 1. The molecule has 0 aliphatic heterocycles. The minimum absolute atomic E-state index is 0.138. The number of ether oxygens (including phenoxy) is 1. The SMILES string of the molecule is CCOC(=O)Cc1ccc(CC2CCCC2)cc1. The lowest BCUT2D eigenvalue weighted by molar-refractivity contribution is -0.142. The number of esters is 1. The van der Waals surface area contributed by atoms with Crippen LogP contribution >= 0.6 is 0 Å². The van der Waals surface area contributed by atoms with Crippen molar-refractivity contribution in [3.63, 3.8) is 0 Å². The summed E-state index contributed by atoms with van der Waals surface area (Å²) in [5.41, 5.74) is 2.44. The average molecular weight is 246 g/mol. The number of carbonyl (C=O) groups is 1. The first-order valence-electron chi connectivity index (χ1n) is 7.01. The molecule has 0 N–H and O–H groups in total. The second kappa shape index (κ2) is 6.58. The zero-order valence-electron chi connectivity index (χ0n) is 11.2. The molecule has 2 heteroatoms. The van der Waals surface area contributed by atoms with Crippen molar-refractivity contribution in [3.05, 3.63) is 35.4 Å². The summed E-state index contributed by atoms with van der Waals surface area (Å²) < 4.78 is 4.94.